The maximum Gasteiger partial charge on any atom is 0.224 e. The summed E-state index contributed by atoms with van der Waals surface area (Å²) in [5.41, 5.74) is 8.58. The molecule has 2 fully saturated rings. The number of carbonyl (C=O) groups excluding carboxylic acids is 1. The molecule has 1 aromatic rings. The Bertz CT molecular complexity index is 503. The number of halogens is 1. The van der Waals surface area contributed by atoms with Gasteiger partial charge in [-0.15, -0.1) is 12.4 Å². The zero-order chi connectivity index (χ0) is 15.5. The summed E-state index contributed by atoms with van der Waals surface area (Å²) >= 11 is 0. The third kappa shape index (κ3) is 4.48. The fourth-order valence-electron chi connectivity index (χ4n) is 4.34. The summed E-state index contributed by atoms with van der Waals surface area (Å²) in [6, 6.07) is 9.10. The average molecular weight is 337 g/mol. The van der Waals surface area contributed by atoms with Crippen LogP contribution < -0.4 is 11.1 Å². The fourth-order valence-corrected chi connectivity index (χ4v) is 4.34. The first-order chi connectivity index (χ1) is 10.7. The first-order valence-electron chi connectivity index (χ1n) is 8.78. The Labute approximate surface area is 145 Å². The van der Waals surface area contributed by atoms with Crippen molar-refractivity contribution in [1.82, 2.24) is 5.32 Å². The molecule has 3 nitrogen and oxygen atoms in total. The largest absolute Gasteiger partial charge is 0.353 e. The number of carbonyl (C=O) groups is 1. The smallest absolute Gasteiger partial charge is 0.224 e. The first kappa shape index (κ1) is 18.3. The molecule has 0 aromatic heterocycles. The van der Waals surface area contributed by atoms with Gasteiger partial charge in [-0.3, -0.25) is 4.79 Å². The lowest BCUT2D eigenvalue weighted by Gasteiger charge is -2.45. The maximum atomic E-state index is 12.4. The van der Waals surface area contributed by atoms with Gasteiger partial charge in [0.2, 0.25) is 5.91 Å². The van der Waals surface area contributed by atoms with Gasteiger partial charge in [-0.05, 0) is 55.1 Å². The number of rotatable bonds is 4. The van der Waals surface area contributed by atoms with Crippen molar-refractivity contribution in [2.24, 2.45) is 17.6 Å². The topological polar surface area (TPSA) is 55.1 Å². The summed E-state index contributed by atoms with van der Waals surface area (Å²) in [6.07, 6.45) is 7.43. The predicted molar refractivity (Wildman–Crippen MR) is 96.7 cm³/mol. The monoisotopic (exact) mass is 336 g/mol. The maximum absolute atomic E-state index is 12.4. The lowest BCUT2D eigenvalue weighted by atomic mass is 9.67. The highest BCUT2D eigenvalue weighted by Gasteiger charge is 2.39. The van der Waals surface area contributed by atoms with Crippen molar-refractivity contribution in [3.05, 3.63) is 35.4 Å². The summed E-state index contributed by atoms with van der Waals surface area (Å²) < 4.78 is 0. The molecule has 0 saturated heterocycles. The minimum Gasteiger partial charge on any atom is -0.353 e. The van der Waals surface area contributed by atoms with E-state index in [1.54, 1.807) is 0 Å². The van der Waals surface area contributed by atoms with Crippen LogP contribution in [0.25, 0.3) is 0 Å². The molecule has 1 aromatic carbocycles. The van der Waals surface area contributed by atoms with Gasteiger partial charge < -0.3 is 11.1 Å². The molecule has 2 atom stereocenters. The van der Waals surface area contributed by atoms with Crippen LogP contribution in [0.5, 0.6) is 0 Å². The van der Waals surface area contributed by atoms with Crippen molar-refractivity contribution in [2.75, 3.05) is 0 Å². The van der Waals surface area contributed by atoms with E-state index in [1.165, 1.54) is 24.8 Å². The third-order valence-electron chi connectivity index (χ3n) is 5.50. The number of nitrogens with one attached hydrogen (secondary N) is 1. The van der Waals surface area contributed by atoms with Crippen molar-refractivity contribution in [3.8, 4) is 0 Å². The summed E-state index contributed by atoms with van der Waals surface area (Å²) in [6.45, 7) is 2.15. The Hall–Kier alpha value is -1.06. The molecule has 2 unspecified atom stereocenters. The molecular formula is C19H29ClN2O. The van der Waals surface area contributed by atoms with E-state index in [0.29, 0.717) is 30.3 Å². The normalized spacial score (nSPS) is 29.5. The Morgan fingerprint density at radius 3 is 2.26 bits per heavy atom. The van der Waals surface area contributed by atoms with E-state index in [9.17, 15) is 4.79 Å². The first-order valence-corrected chi connectivity index (χ1v) is 8.78. The molecule has 0 aliphatic heterocycles. The van der Waals surface area contributed by atoms with Crippen LogP contribution in [0.4, 0.5) is 0 Å². The summed E-state index contributed by atoms with van der Waals surface area (Å²) in [5, 5.41) is 3.32. The molecule has 3 rings (SSSR count). The summed E-state index contributed by atoms with van der Waals surface area (Å²) in [5.74, 6) is 1.35. The van der Waals surface area contributed by atoms with Crippen LogP contribution in [0.3, 0.4) is 0 Å². The van der Waals surface area contributed by atoms with Crippen LogP contribution in [0.15, 0.2) is 24.3 Å². The number of nitrogens with two attached hydrogens (primary N) is 1. The molecule has 2 aliphatic carbocycles. The Balaban J connectivity index is 0.00000192. The lowest BCUT2D eigenvalue weighted by Crippen LogP contribution is -2.54. The van der Waals surface area contributed by atoms with E-state index < -0.39 is 0 Å². The minimum absolute atomic E-state index is 0. The Kier molecular flexibility index (Phi) is 6.49. The lowest BCUT2D eigenvalue weighted by molar-refractivity contribution is -0.122. The molecule has 3 N–H and O–H groups in total. The fraction of sp³-hybridized carbons (Fsp3) is 0.632. The van der Waals surface area contributed by atoms with Crippen LogP contribution >= 0.6 is 12.4 Å². The van der Waals surface area contributed by atoms with Gasteiger partial charge in [-0.2, -0.15) is 0 Å². The van der Waals surface area contributed by atoms with Crippen molar-refractivity contribution in [2.45, 2.75) is 64.0 Å². The molecule has 2 saturated carbocycles. The van der Waals surface area contributed by atoms with Crippen molar-refractivity contribution in [1.29, 1.82) is 0 Å². The Morgan fingerprint density at radius 1 is 1.13 bits per heavy atom. The van der Waals surface area contributed by atoms with Gasteiger partial charge in [0.15, 0.2) is 0 Å². The van der Waals surface area contributed by atoms with Crippen LogP contribution in [-0.2, 0) is 17.6 Å². The average Bonchev–Trinajstić information content (AvgIpc) is 2.49. The predicted octanol–water partition coefficient (Wildman–Crippen LogP) is 3.24. The number of amides is 1. The highest BCUT2D eigenvalue weighted by atomic mass is 35.5. The summed E-state index contributed by atoms with van der Waals surface area (Å²) in [4.78, 5) is 12.4. The van der Waals surface area contributed by atoms with E-state index in [-0.39, 0.29) is 18.3 Å². The molecule has 1 amide bonds. The zero-order valence-corrected chi connectivity index (χ0v) is 14.8. The van der Waals surface area contributed by atoms with E-state index in [2.05, 4.69) is 36.5 Å². The van der Waals surface area contributed by atoms with Crippen LogP contribution in [0, 0.1) is 11.8 Å². The molecule has 2 bridgehead atoms. The molecule has 4 heteroatoms. The van der Waals surface area contributed by atoms with E-state index in [0.717, 1.165) is 24.8 Å². The van der Waals surface area contributed by atoms with E-state index in [4.69, 9.17) is 5.73 Å². The highest BCUT2D eigenvalue weighted by Crippen LogP contribution is 2.39. The van der Waals surface area contributed by atoms with Crippen molar-refractivity contribution >= 4 is 18.3 Å². The van der Waals surface area contributed by atoms with Gasteiger partial charge in [0.25, 0.3) is 0 Å². The van der Waals surface area contributed by atoms with Crippen molar-refractivity contribution in [3.63, 3.8) is 0 Å². The third-order valence-corrected chi connectivity index (χ3v) is 5.50. The van der Waals surface area contributed by atoms with Gasteiger partial charge in [0, 0.05) is 12.1 Å². The standard InChI is InChI=1S/C19H28N2O.ClH/c1-2-13-6-8-14(9-7-13)10-18(22)21-19-15-4-3-5-16(19)12-17(20)11-15;/h6-9,15-17,19H,2-5,10-12,20H2,1H3,(H,21,22);1H. The number of hydrogen-bond donors (Lipinski definition) is 2. The molecule has 128 valence electrons. The number of benzene rings is 1. The molecule has 23 heavy (non-hydrogen) atoms. The zero-order valence-electron chi connectivity index (χ0n) is 14.0. The van der Waals surface area contributed by atoms with Crippen LogP contribution in [0.2, 0.25) is 0 Å². The SMILES string of the molecule is CCc1ccc(CC(=O)NC2C3CCCC2CC(N)C3)cc1.Cl. The van der Waals surface area contributed by atoms with Gasteiger partial charge >= 0.3 is 0 Å². The van der Waals surface area contributed by atoms with Crippen LogP contribution in [-0.4, -0.2) is 18.0 Å². The second kappa shape index (κ2) is 8.16. The van der Waals surface area contributed by atoms with Gasteiger partial charge in [0.1, 0.15) is 0 Å². The van der Waals surface area contributed by atoms with Gasteiger partial charge in [0.05, 0.1) is 6.42 Å². The van der Waals surface area contributed by atoms with Crippen LogP contribution in [0.1, 0.15) is 50.2 Å². The number of hydrogen-bond acceptors (Lipinski definition) is 2. The molecule has 0 radical (unpaired) electrons. The number of fused-ring (bicyclic) bond motifs is 2. The van der Waals surface area contributed by atoms with Crippen molar-refractivity contribution < 1.29 is 4.79 Å². The Morgan fingerprint density at radius 2 is 1.70 bits per heavy atom. The second-order valence-corrected chi connectivity index (χ2v) is 7.12. The van der Waals surface area contributed by atoms with E-state index >= 15 is 0 Å². The molecule has 2 aliphatic rings. The minimum atomic E-state index is 0. The quantitative estimate of drug-likeness (QED) is 0.886. The summed E-state index contributed by atoms with van der Waals surface area (Å²) in [7, 11) is 0. The molecular weight excluding hydrogens is 308 g/mol. The highest BCUT2D eigenvalue weighted by molar-refractivity contribution is 5.85. The second-order valence-electron chi connectivity index (χ2n) is 7.12. The number of aryl methyl sites for hydroxylation is 1. The molecule has 0 heterocycles. The van der Waals surface area contributed by atoms with E-state index in [1.807, 2.05) is 0 Å². The molecule has 0 spiro atoms. The van der Waals surface area contributed by atoms with Gasteiger partial charge in [-0.25, -0.2) is 0 Å². The van der Waals surface area contributed by atoms with Gasteiger partial charge in [-0.1, -0.05) is 37.6 Å².